The first-order chi connectivity index (χ1) is 19.8. The van der Waals surface area contributed by atoms with Crippen LogP contribution in [-0.4, -0.2) is 35.0 Å². The van der Waals surface area contributed by atoms with E-state index in [1.54, 1.807) is 18.3 Å². The number of aromatic nitrogens is 1. The average molecular weight is 643 g/mol. The zero-order valence-electron chi connectivity index (χ0n) is 21.6. The van der Waals surface area contributed by atoms with Gasteiger partial charge in [0.25, 0.3) is 0 Å². The van der Waals surface area contributed by atoms with Gasteiger partial charge in [0, 0.05) is 28.7 Å². The second-order valence-electron chi connectivity index (χ2n) is 9.18. The molecule has 4 aromatic rings. The molecule has 0 amide bonds. The van der Waals surface area contributed by atoms with E-state index in [2.05, 4.69) is 10.3 Å². The lowest BCUT2D eigenvalue weighted by Gasteiger charge is -2.30. The Morgan fingerprint density at radius 1 is 0.791 bits per heavy atom. The smallest absolute Gasteiger partial charge is 0.435 e. The summed E-state index contributed by atoms with van der Waals surface area (Å²) in [6.45, 7) is 0.206. The monoisotopic (exact) mass is 642 g/mol. The summed E-state index contributed by atoms with van der Waals surface area (Å²) in [6, 6.07) is 12.2. The van der Waals surface area contributed by atoms with Gasteiger partial charge in [-0.25, -0.2) is 9.18 Å². The quantitative estimate of drug-likeness (QED) is 0.139. The van der Waals surface area contributed by atoms with E-state index in [0.717, 1.165) is 29.7 Å². The fraction of sp³-hybridized carbons (Fsp3) is 0.250. The Morgan fingerprint density at radius 2 is 1.42 bits per heavy atom. The summed E-state index contributed by atoms with van der Waals surface area (Å²) in [4.78, 5) is 13.6. The van der Waals surface area contributed by atoms with Crippen molar-refractivity contribution < 1.29 is 53.8 Å². The molecule has 0 atom stereocenters. The lowest BCUT2D eigenvalue weighted by molar-refractivity contribution is -0.348. The number of aromatic amines is 1. The maximum absolute atomic E-state index is 13.9. The lowest BCUT2D eigenvalue weighted by atomic mass is 9.93. The second-order valence-corrected chi connectivity index (χ2v) is 9.61. The predicted octanol–water partition coefficient (Wildman–Crippen LogP) is 8.85. The van der Waals surface area contributed by atoms with E-state index >= 15 is 0 Å². The molecule has 43 heavy (non-hydrogen) atoms. The summed E-state index contributed by atoms with van der Waals surface area (Å²) in [5.74, 6) is -0.977. The summed E-state index contributed by atoms with van der Waals surface area (Å²) in [7, 11) is 0. The first-order valence-corrected chi connectivity index (χ1v) is 12.5. The molecule has 0 fully saturated rings. The van der Waals surface area contributed by atoms with Crippen molar-refractivity contribution in [1.82, 2.24) is 10.3 Å². The summed E-state index contributed by atoms with van der Waals surface area (Å²) >= 11 is 5.75. The van der Waals surface area contributed by atoms with Crippen molar-refractivity contribution in [2.75, 3.05) is 6.54 Å². The van der Waals surface area contributed by atoms with Crippen molar-refractivity contribution in [2.24, 2.45) is 0 Å². The zero-order valence-corrected chi connectivity index (χ0v) is 22.3. The van der Waals surface area contributed by atoms with Crippen molar-refractivity contribution in [2.45, 2.75) is 37.2 Å². The second kappa shape index (κ2) is 12.8. The number of hydrogen-bond donors (Lipinski definition) is 3. The van der Waals surface area contributed by atoms with Gasteiger partial charge in [0.2, 0.25) is 0 Å². The maximum atomic E-state index is 13.9. The number of hydrogen-bond acceptors (Lipinski definition) is 2. The Hall–Kier alpha value is -3.78. The van der Waals surface area contributed by atoms with Gasteiger partial charge in [0.1, 0.15) is 0 Å². The molecule has 3 aromatic carbocycles. The fourth-order valence-electron chi connectivity index (χ4n) is 4.01. The van der Waals surface area contributed by atoms with Crippen LogP contribution in [0.15, 0.2) is 72.9 Å². The van der Waals surface area contributed by atoms with E-state index < -0.39 is 41.3 Å². The van der Waals surface area contributed by atoms with E-state index in [9.17, 15) is 48.7 Å². The van der Waals surface area contributed by atoms with Crippen molar-refractivity contribution in [3.8, 4) is 0 Å². The lowest BCUT2D eigenvalue weighted by Crippen LogP contribution is -2.50. The summed E-state index contributed by atoms with van der Waals surface area (Å²) in [5, 5.41) is 12.9. The molecule has 0 aliphatic carbocycles. The number of fused-ring (bicyclic) bond motifs is 1. The van der Waals surface area contributed by atoms with Crippen LogP contribution < -0.4 is 5.32 Å². The predicted molar refractivity (Wildman–Crippen MR) is 138 cm³/mol. The molecule has 1 heterocycles. The highest BCUT2D eigenvalue weighted by molar-refractivity contribution is 6.32. The molecule has 3 N–H and O–H groups in total. The number of carboxylic acids is 1. The Kier molecular flexibility index (Phi) is 10.1. The number of alkyl halides is 10. The summed E-state index contributed by atoms with van der Waals surface area (Å²) < 4.78 is 128. The minimum Gasteiger partial charge on any atom is -0.478 e. The molecule has 4 rings (SSSR count). The van der Waals surface area contributed by atoms with Crippen LogP contribution in [0.25, 0.3) is 10.9 Å². The van der Waals surface area contributed by atoms with E-state index in [1.165, 1.54) is 18.2 Å². The van der Waals surface area contributed by atoms with Crippen LogP contribution in [0.5, 0.6) is 0 Å². The number of nitrogens with one attached hydrogen (secondary N) is 2. The van der Waals surface area contributed by atoms with E-state index in [4.69, 9.17) is 16.7 Å². The molecule has 0 unspecified atom stereocenters. The van der Waals surface area contributed by atoms with Crippen LogP contribution >= 0.6 is 11.6 Å². The number of H-pyrrole nitrogens is 1. The number of carboxylic acid groups (broad SMARTS) is 1. The van der Waals surface area contributed by atoms with Crippen LogP contribution in [-0.2, 0) is 24.8 Å². The topological polar surface area (TPSA) is 65.1 Å². The molecule has 0 radical (unpaired) electrons. The molecule has 0 saturated carbocycles. The third-order valence-electron chi connectivity index (χ3n) is 6.16. The SMILES string of the molecule is FC(F)(F)c1cccc(CCNCc2ccc(C(F)(C(F)(F)F)C(F)(F)F)cc2)c1.O=C(O)c1cc(Cl)cc2cc[nH]c12. The largest absolute Gasteiger partial charge is 0.478 e. The standard InChI is InChI=1S/C19H15F10N.C9H6ClNO2/c20-16(18(24,25)26,19(27,28)29)14-6-4-13(5-7-14)11-30-9-8-12-2-1-3-15(10-12)17(21,22)23;10-6-3-5-1-2-11-8(5)7(4-6)9(12)13/h1-7,10,30H,8-9,11H2;1-4,11H,(H,12,13). The fourth-order valence-corrected chi connectivity index (χ4v) is 4.24. The van der Waals surface area contributed by atoms with Gasteiger partial charge in [-0.2, -0.15) is 39.5 Å². The van der Waals surface area contributed by atoms with Crippen LogP contribution in [0.3, 0.4) is 0 Å². The van der Waals surface area contributed by atoms with E-state index in [-0.39, 0.29) is 30.6 Å². The average Bonchev–Trinajstić information content (AvgIpc) is 3.37. The first-order valence-electron chi connectivity index (χ1n) is 12.1. The molecule has 0 spiro atoms. The first kappa shape index (κ1) is 33.7. The third-order valence-corrected chi connectivity index (χ3v) is 6.38. The van der Waals surface area contributed by atoms with Crippen molar-refractivity contribution in [1.29, 1.82) is 0 Å². The van der Waals surface area contributed by atoms with Gasteiger partial charge in [-0.1, -0.05) is 54.1 Å². The Labute approximate surface area is 242 Å². The Morgan fingerprint density at radius 3 is 1.98 bits per heavy atom. The van der Waals surface area contributed by atoms with E-state index in [1.807, 2.05) is 0 Å². The van der Waals surface area contributed by atoms with Crippen molar-refractivity contribution >= 4 is 28.5 Å². The van der Waals surface area contributed by atoms with Crippen LogP contribution in [0.2, 0.25) is 5.02 Å². The number of halogens is 11. The van der Waals surface area contributed by atoms with E-state index in [0.29, 0.717) is 28.2 Å². The van der Waals surface area contributed by atoms with Crippen LogP contribution in [0.1, 0.15) is 32.6 Å². The minimum atomic E-state index is -6.18. The molecule has 0 aliphatic rings. The molecular formula is C28H21ClF10N2O2. The molecule has 232 valence electrons. The summed E-state index contributed by atoms with van der Waals surface area (Å²) in [5.41, 5.74) is -6.41. The molecule has 15 heteroatoms. The van der Waals surface area contributed by atoms with Crippen LogP contribution in [0.4, 0.5) is 43.9 Å². The molecule has 1 aromatic heterocycles. The third kappa shape index (κ3) is 7.99. The van der Waals surface area contributed by atoms with Crippen molar-refractivity contribution in [3.05, 3.63) is 106 Å². The van der Waals surface area contributed by atoms with Gasteiger partial charge in [0.15, 0.2) is 0 Å². The normalized spacial score (nSPS) is 12.6. The van der Waals surface area contributed by atoms with Gasteiger partial charge in [-0.15, -0.1) is 0 Å². The highest BCUT2D eigenvalue weighted by atomic mass is 35.5. The Balaban J connectivity index is 0.000000321. The van der Waals surface area contributed by atoms with Gasteiger partial charge in [-0.3, -0.25) is 0 Å². The summed E-state index contributed by atoms with van der Waals surface area (Å²) in [6.07, 6.45) is -15.0. The zero-order chi connectivity index (χ0) is 32.2. The number of benzene rings is 3. The van der Waals surface area contributed by atoms with Crippen LogP contribution in [0, 0.1) is 0 Å². The highest BCUT2D eigenvalue weighted by Crippen LogP contribution is 2.53. The molecule has 0 bridgehead atoms. The van der Waals surface area contributed by atoms with Gasteiger partial charge >= 0.3 is 30.2 Å². The van der Waals surface area contributed by atoms with Gasteiger partial charge < -0.3 is 15.4 Å². The molecule has 0 aliphatic heterocycles. The van der Waals surface area contributed by atoms with Crippen molar-refractivity contribution in [3.63, 3.8) is 0 Å². The number of carbonyl (C=O) groups is 1. The molecular weight excluding hydrogens is 622 g/mol. The van der Waals surface area contributed by atoms with Gasteiger partial charge in [0.05, 0.1) is 16.6 Å². The molecule has 4 nitrogen and oxygen atoms in total. The molecule has 0 saturated heterocycles. The highest BCUT2D eigenvalue weighted by Gasteiger charge is 2.73. The number of aromatic carboxylic acids is 1. The maximum Gasteiger partial charge on any atom is 0.435 e. The minimum absolute atomic E-state index is 0.0105. The Bertz CT molecular complexity index is 1530. The van der Waals surface area contributed by atoms with Gasteiger partial charge in [-0.05, 0) is 48.4 Å². The number of rotatable bonds is 7.